The number of fused-ring (bicyclic) bond motifs is 1. The number of nitrogens with zero attached hydrogens (tertiary/aromatic N) is 3. The maximum absolute atomic E-state index is 11.4. The van der Waals surface area contributed by atoms with Gasteiger partial charge in [-0.2, -0.15) is 0 Å². The lowest BCUT2D eigenvalue weighted by atomic mass is 9.98. The Balaban J connectivity index is 0.00000196. The summed E-state index contributed by atoms with van der Waals surface area (Å²) in [5.74, 6) is 0. The van der Waals surface area contributed by atoms with Crippen LogP contribution in [-0.4, -0.2) is 23.0 Å². The second kappa shape index (κ2) is 7.20. The van der Waals surface area contributed by atoms with Gasteiger partial charge < -0.3 is 0 Å². The minimum atomic E-state index is -3.83. The Hall–Kier alpha value is -1.59. The van der Waals surface area contributed by atoms with E-state index in [1.807, 2.05) is 48.5 Å². The second-order valence-electron chi connectivity index (χ2n) is 5.29. The molecule has 0 aliphatic carbocycles. The molecule has 0 aliphatic rings. The van der Waals surface area contributed by atoms with E-state index in [9.17, 15) is 8.42 Å². The molecule has 0 fully saturated rings. The van der Waals surface area contributed by atoms with Gasteiger partial charge in [0, 0.05) is 10.0 Å². The van der Waals surface area contributed by atoms with Gasteiger partial charge in [-0.3, -0.25) is 0 Å². The summed E-state index contributed by atoms with van der Waals surface area (Å²) < 4.78 is 25.0. The van der Waals surface area contributed by atoms with Crippen LogP contribution in [0.4, 0.5) is 0 Å². The minimum Gasteiger partial charge on any atom is -0.223 e. The number of nitrogens with two attached hydrogens (primary N) is 1. The molecular weight excluding hydrogens is 504 g/mol. The molecular formula is C16H12Br2N4O2S2. The molecule has 2 aromatic heterocycles. The van der Waals surface area contributed by atoms with E-state index in [0.717, 1.165) is 32.5 Å². The van der Waals surface area contributed by atoms with Crippen molar-refractivity contribution >= 4 is 59.2 Å². The molecule has 10 heteroatoms. The van der Waals surface area contributed by atoms with Gasteiger partial charge in [-0.05, 0) is 17.2 Å². The molecule has 0 spiro atoms. The van der Waals surface area contributed by atoms with Crippen LogP contribution in [0.15, 0.2) is 63.5 Å². The van der Waals surface area contributed by atoms with Crippen LogP contribution in [0, 0.1) is 0 Å². The van der Waals surface area contributed by atoms with Crippen molar-refractivity contribution in [2.75, 3.05) is 0 Å². The van der Waals surface area contributed by atoms with Crippen molar-refractivity contribution in [2.24, 2.45) is 5.14 Å². The quantitative estimate of drug-likeness (QED) is 0.444. The number of hydrogen-bond donors (Lipinski definition) is 1. The Morgan fingerprint density at radius 3 is 2.46 bits per heavy atom. The van der Waals surface area contributed by atoms with Crippen molar-refractivity contribution in [1.82, 2.24) is 14.6 Å². The lowest BCUT2D eigenvalue weighted by molar-refractivity contribution is 0.595. The van der Waals surface area contributed by atoms with Gasteiger partial charge in [-0.15, -0.1) is 22.1 Å². The number of rotatable bonds is 3. The molecule has 4 aromatic rings. The number of hydrogen-bond acceptors (Lipinski definition) is 5. The van der Waals surface area contributed by atoms with E-state index < -0.39 is 10.0 Å². The van der Waals surface area contributed by atoms with Gasteiger partial charge in [-0.25, -0.2) is 23.1 Å². The first-order valence-corrected chi connectivity index (χ1v) is 10.3. The molecule has 134 valence electrons. The first-order chi connectivity index (χ1) is 11.9. The van der Waals surface area contributed by atoms with Gasteiger partial charge in [0.15, 0.2) is 0 Å². The smallest absolute Gasteiger partial charge is 0.223 e. The number of imidazole rings is 1. The Morgan fingerprint density at radius 1 is 1.08 bits per heavy atom. The fourth-order valence-electron chi connectivity index (χ4n) is 2.56. The Bertz CT molecular complexity index is 1160. The zero-order chi connectivity index (χ0) is 17.6. The van der Waals surface area contributed by atoms with Crippen LogP contribution in [0.2, 0.25) is 0 Å². The summed E-state index contributed by atoms with van der Waals surface area (Å²) in [7, 11) is -3.83. The molecule has 2 heterocycles. The van der Waals surface area contributed by atoms with Gasteiger partial charge in [0.2, 0.25) is 9.30 Å². The second-order valence-corrected chi connectivity index (χ2v) is 8.84. The number of benzene rings is 2. The van der Waals surface area contributed by atoms with Crippen LogP contribution < -0.4 is 5.14 Å². The summed E-state index contributed by atoms with van der Waals surface area (Å²) in [6.07, 6.45) is 1.70. The molecule has 4 rings (SSSR count). The number of aromatic nitrogens is 3. The highest BCUT2D eigenvalue weighted by molar-refractivity contribution is 9.10. The summed E-state index contributed by atoms with van der Waals surface area (Å²) in [6.45, 7) is 0. The van der Waals surface area contributed by atoms with Gasteiger partial charge >= 0.3 is 0 Å². The fourth-order valence-corrected chi connectivity index (χ4v) is 4.64. The number of sulfonamides is 1. The van der Waals surface area contributed by atoms with Crippen LogP contribution in [0.5, 0.6) is 0 Å². The topological polar surface area (TPSA) is 90.4 Å². The Labute approximate surface area is 172 Å². The van der Waals surface area contributed by atoms with Crippen molar-refractivity contribution in [1.29, 1.82) is 0 Å². The van der Waals surface area contributed by atoms with E-state index in [0.29, 0.717) is 10.7 Å². The van der Waals surface area contributed by atoms with Crippen molar-refractivity contribution in [3.63, 3.8) is 0 Å². The van der Waals surface area contributed by atoms with Crippen LogP contribution in [0.3, 0.4) is 0 Å². The van der Waals surface area contributed by atoms with E-state index >= 15 is 0 Å². The highest BCUT2D eigenvalue weighted by Crippen LogP contribution is 2.37. The molecule has 0 aliphatic heterocycles. The van der Waals surface area contributed by atoms with Crippen LogP contribution >= 0.6 is 44.2 Å². The Kier molecular flexibility index (Phi) is 5.31. The van der Waals surface area contributed by atoms with Gasteiger partial charge in [0.25, 0.3) is 10.0 Å². The average molecular weight is 516 g/mol. The van der Waals surface area contributed by atoms with Gasteiger partial charge in [0.05, 0.1) is 11.9 Å². The summed E-state index contributed by atoms with van der Waals surface area (Å²) in [6, 6.07) is 15.9. The fraction of sp³-hybridized carbons (Fsp3) is 0. The molecule has 0 radical (unpaired) electrons. The third kappa shape index (κ3) is 3.47. The van der Waals surface area contributed by atoms with Crippen molar-refractivity contribution in [3.8, 4) is 22.4 Å². The highest BCUT2D eigenvalue weighted by Gasteiger charge is 2.19. The standard InChI is InChI=1S/C16H11BrN4O2S2.BrH/c17-12-8-4-7-11(10-5-2-1-3-6-10)14(12)13-9-21-15(19-13)24-16(20-21)25(18,22)23;/h1-9H,(H2,18,22,23);1H. The van der Waals surface area contributed by atoms with E-state index in [1.54, 1.807) is 6.20 Å². The zero-order valence-electron chi connectivity index (χ0n) is 13.0. The first-order valence-electron chi connectivity index (χ1n) is 7.17. The van der Waals surface area contributed by atoms with Crippen LogP contribution in [0.25, 0.3) is 27.3 Å². The minimum absolute atomic E-state index is 0. The summed E-state index contributed by atoms with van der Waals surface area (Å²) in [5, 5.41) is 9.13. The van der Waals surface area contributed by atoms with E-state index in [4.69, 9.17) is 5.14 Å². The molecule has 0 saturated heterocycles. The van der Waals surface area contributed by atoms with E-state index in [2.05, 4.69) is 26.0 Å². The first kappa shape index (κ1) is 19.2. The molecule has 2 aromatic carbocycles. The van der Waals surface area contributed by atoms with Crippen molar-refractivity contribution in [2.45, 2.75) is 4.34 Å². The largest absolute Gasteiger partial charge is 0.267 e. The third-order valence-corrected chi connectivity index (χ3v) is 6.52. The molecule has 0 amide bonds. The van der Waals surface area contributed by atoms with Crippen molar-refractivity contribution in [3.05, 3.63) is 59.2 Å². The average Bonchev–Trinajstić information content (AvgIpc) is 3.14. The molecule has 0 saturated carbocycles. The van der Waals surface area contributed by atoms with Gasteiger partial charge in [-0.1, -0.05) is 69.7 Å². The van der Waals surface area contributed by atoms with Crippen LogP contribution in [-0.2, 0) is 10.0 Å². The summed E-state index contributed by atoms with van der Waals surface area (Å²) in [5.41, 5.74) is 3.70. The SMILES string of the molecule is Br.NS(=O)(=O)c1nn2cc(-c3c(Br)cccc3-c3ccccc3)nc2s1. The molecule has 2 N–H and O–H groups in total. The molecule has 6 nitrogen and oxygen atoms in total. The monoisotopic (exact) mass is 514 g/mol. The predicted molar refractivity (Wildman–Crippen MR) is 111 cm³/mol. The zero-order valence-corrected chi connectivity index (χ0v) is 18.0. The van der Waals surface area contributed by atoms with E-state index in [1.165, 1.54) is 4.52 Å². The molecule has 0 bridgehead atoms. The van der Waals surface area contributed by atoms with E-state index in [-0.39, 0.29) is 21.3 Å². The maximum Gasteiger partial charge on any atom is 0.267 e. The number of primary sulfonamides is 1. The molecule has 0 atom stereocenters. The normalized spacial score (nSPS) is 11.5. The predicted octanol–water partition coefficient (Wildman–Crippen LogP) is 4.11. The van der Waals surface area contributed by atoms with Crippen LogP contribution in [0.1, 0.15) is 0 Å². The van der Waals surface area contributed by atoms with Gasteiger partial charge in [0.1, 0.15) is 0 Å². The van der Waals surface area contributed by atoms with Crippen molar-refractivity contribution < 1.29 is 8.42 Å². The lowest BCUT2D eigenvalue weighted by Gasteiger charge is -2.09. The molecule has 26 heavy (non-hydrogen) atoms. The summed E-state index contributed by atoms with van der Waals surface area (Å²) >= 11 is 4.53. The number of halogens is 2. The molecule has 0 unspecified atom stereocenters. The Morgan fingerprint density at radius 2 is 1.81 bits per heavy atom. The maximum atomic E-state index is 11.4. The highest BCUT2D eigenvalue weighted by atomic mass is 79.9. The summed E-state index contributed by atoms with van der Waals surface area (Å²) in [4.78, 5) is 5.00. The third-order valence-electron chi connectivity index (χ3n) is 3.62. The lowest BCUT2D eigenvalue weighted by Crippen LogP contribution is -2.12.